The van der Waals surface area contributed by atoms with E-state index in [-0.39, 0.29) is 11.9 Å². The van der Waals surface area contributed by atoms with Crippen molar-refractivity contribution < 1.29 is 4.79 Å². The topological polar surface area (TPSA) is 75.0 Å². The van der Waals surface area contributed by atoms with E-state index in [2.05, 4.69) is 10.2 Å². The molecule has 0 radical (unpaired) electrons. The molecular weight excluding hydrogens is 180 g/mol. The Balaban J connectivity index is 2.09. The van der Waals surface area contributed by atoms with E-state index in [1.807, 2.05) is 6.92 Å². The maximum atomic E-state index is 11.8. The second-order valence-corrected chi connectivity index (χ2v) is 3.74. The summed E-state index contributed by atoms with van der Waals surface area (Å²) in [6, 6.07) is 1.88. The van der Waals surface area contributed by atoms with Gasteiger partial charge in [0.15, 0.2) is 0 Å². The van der Waals surface area contributed by atoms with E-state index in [4.69, 9.17) is 5.73 Å². The number of nitrogens with zero attached hydrogens (tertiary/aromatic N) is 2. The highest BCUT2D eigenvalue weighted by Crippen LogP contribution is 2.11. The first-order valence-corrected chi connectivity index (χ1v) is 4.73. The quantitative estimate of drug-likeness (QED) is 0.655. The Labute approximate surface area is 82.3 Å². The maximum Gasteiger partial charge on any atom is 0.274 e. The molecule has 5 heteroatoms. The van der Waals surface area contributed by atoms with Crippen LogP contribution in [0.3, 0.4) is 0 Å². The van der Waals surface area contributed by atoms with Gasteiger partial charge >= 0.3 is 0 Å². The Morgan fingerprint density at radius 3 is 3.07 bits per heavy atom. The number of hydrogen-bond donors (Lipinski definition) is 2. The highest BCUT2D eigenvalue weighted by molar-refractivity contribution is 5.92. The van der Waals surface area contributed by atoms with Gasteiger partial charge in [0.1, 0.15) is 5.69 Å². The summed E-state index contributed by atoms with van der Waals surface area (Å²) in [4.78, 5) is 13.5. The Hall–Kier alpha value is -1.36. The van der Waals surface area contributed by atoms with Crippen LogP contribution in [0.2, 0.25) is 0 Å². The first kappa shape index (κ1) is 9.21. The summed E-state index contributed by atoms with van der Waals surface area (Å²) in [7, 11) is 0. The number of nitrogens with one attached hydrogen (secondary N) is 1. The standard InChI is InChI=1S/C9H14N4O/c1-6-4-8(12-11-6)9(14)13-3-2-7(10)5-13/h4,7H,2-3,5,10H2,1H3,(H,11,12)/t7-/m1/s1. The third kappa shape index (κ3) is 1.63. The number of H-pyrrole nitrogens is 1. The van der Waals surface area contributed by atoms with E-state index < -0.39 is 0 Å². The van der Waals surface area contributed by atoms with Crippen molar-refractivity contribution in [3.05, 3.63) is 17.5 Å². The number of carbonyl (C=O) groups excluding carboxylic acids is 1. The predicted octanol–water partition coefficient (Wildman–Crippen LogP) is -0.109. The van der Waals surface area contributed by atoms with Crippen molar-refractivity contribution in [2.75, 3.05) is 13.1 Å². The number of nitrogens with two attached hydrogens (primary N) is 1. The van der Waals surface area contributed by atoms with Crippen molar-refractivity contribution >= 4 is 5.91 Å². The summed E-state index contributed by atoms with van der Waals surface area (Å²) < 4.78 is 0. The van der Waals surface area contributed by atoms with Crippen molar-refractivity contribution in [3.8, 4) is 0 Å². The zero-order chi connectivity index (χ0) is 10.1. The van der Waals surface area contributed by atoms with Gasteiger partial charge in [0.2, 0.25) is 0 Å². The number of rotatable bonds is 1. The van der Waals surface area contributed by atoms with Gasteiger partial charge in [-0.25, -0.2) is 0 Å². The van der Waals surface area contributed by atoms with E-state index in [0.717, 1.165) is 18.7 Å². The van der Waals surface area contributed by atoms with Gasteiger partial charge in [-0.15, -0.1) is 0 Å². The van der Waals surface area contributed by atoms with Crippen LogP contribution in [0.4, 0.5) is 0 Å². The lowest BCUT2D eigenvalue weighted by Gasteiger charge is -2.13. The van der Waals surface area contributed by atoms with E-state index >= 15 is 0 Å². The second kappa shape index (κ2) is 3.42. The third-order valence-corrected chi connectivity index (χ3v) is 2.44. The molecule has 1 saturated heterocycles. The molecule has 1 atom stereocenters. The van der Waals surface area contributed by atoms with Gasteiger partial charge in [-0.1, -0.05) is 0 Å². The zero-order valence-electron chi connectivity index (χ0n) is 8.16. The molecule has 1 aliphatic rings. The molecule has 0 saturated carbocycles. The summed E-state index contributed by atoms with van der Waals surface area (Å²) in [6.07, 6.45) is 0.884. The van der Waals surface area contributed by atoms with Gasteiger partial charge in [0, 0.05) is 24.8 Å². The van der Waals surface area contributed by atoms with Gasteiger partial charge in [-0.05, 0) is 19.4 Å². The number of amides is 1. The predicted molar refractivity (Wildman–Crippen MR) is 51.8 cm³/mol. The first-order valence-electron chi connectivity index (χ1n) is 4.73. The molecule has 0 unspecified atom stereocenters. The number of carbonyl (C=O) groups is 1. The number of aryl methyl sites for hydroxylation is 1. The minimum absolute atomic E-state index is 0.0256. The van der Waals surface area contributed by atoms with Crippen LogP contribution in [-0.4, -0.2) is 40.1 Å². The Morgan fingerprint density at radius 2 is 2.57 bits per heavy atom. The number of likely N-dealkylation sites (tertiary alicyclic amines) is 1. The molecule has 0 spiro atoms. The summed E-state index contributed by atoms with van der Waals surface area (Å²) in [5, 5.41) is 6.68. The fourth-order valence-corrected chi connectivity index (χ4v) is 1.66. The highest BCUT2D eigenvalue weighted by atomic mass is 16.2. The molecule has 1 aromatic heterocycles. The molecule has 76 valence electrons. The van der Waals surface area contributed by atoms with Crippen molar-refractivity contribution in [1.82, 2.24) is 15.1 Å². The zero-order valence-corrected chi connectivity index (χ0v) is 8.16. The van der Waals surface area contributed by atoms with Gasteiger partial charge in [-0.3, -0.25) is 9.89 Å². The van der Waals surface area contributed by atoms with Gasteiger partial charge < -0.3 is 10.6 Å². The highest BCUT2D eigenvalue weighted by Gasteiger charge is 2.25. The fraction of sp³-hybridized carbons (Fsp3) is 0.556. The van der Waals surface area contributed by atoms with Crippen LogP contribution in [0.1, 0.15) is 22.6 Å². The Morgan fingerprint density at radius 1 is 1.79 bits per heavy atom. The largest absolute Gasteiger partial charge is 0.336 e. The van der Waals surface area contributed by atoms with Crippen LogP contribution < -0.4 is 5.73 Å². The lowest BCUT2D eigenvalue weighted by molar-refractivity contribution is 0.0785. The van der Waals surface area contributed by atoms with Crippen LogP contribution in [0, 0.1) is 6.92 Å². The van der Waals surface area contributed by atoms with Gasteiger partial charge in [0.25, 0.3) is 5.91 Å². The summed E-state index contributed by atoms with van der Waals surface area (Å²) >= 11 is 0. The van der Waals surface area contributed by atoms with Gasteiger partial charge in [0.05, 0.1) is 0 Å². The molecule has 0 bridgehead atoms. The summed E-state index contributed by atoms with van der Waals surface area (Å²) in [5.74, 6) is -0.0256. The van der Waals surface area contributed by atoms with E-state index in [1.165, 1.54) is 0 Å². The molecule has 14 heavy (non-hydrogen) atoms. The number of aromatic nitrogens is 2. The van der Waals surface area contributed by atoms with Crippen LogP contribution >= 0.6 is 0 Å². The molecule has 1 fully saturated rings. The van der Waals surface area contributed by atoms with Crippen molar-refractivity contribution in [1.29, 1.82) is 0 Å². The van der Waals surface area contributed by atoms with Crippen LogP contribution in [0.25, 0.3) is 0 Å². The smallest absolute Gasteiger partial charge is 0.274 e. The van der Waals surface area contributed by atoms with Crippen molar-refractivity contribution in [2.45, 2.75) is 19.4 Å². The summed E-state index contributed by atoms with van der Waals surface area (Å²) in [6.45, 7) is 3.26. The molecule has 0 aromatic carbocycles. The maximum absolute atomic E-state index is 11.8. The SMILES string of the molecule is Cc1cc(C(=O)N2CC[C@@H](N)C2)n[nH]1. The van der Waals surface area contributed by atoms with Crippen LogP contribution in [-0.2, 0) is 0 Å². The normalized spacial score (nSPS) is 21.6. The fourth-order valence-electron chi connectivity index (χ4n) is 1.66. The minimum atomic E-state index is -0.0256. The third-order valence-electron chi connectivity index (χ3n) is 2.44. The lowest BCUT2D eigenvalue weighted by atomic mass is 10.3. The number of aromatic amines is 1. The van der Waals surface area contributed by atoms with Crippen molar-refractivity contribution in [2.24, 2.45) is 5.73 Å². The summed E-state index contributed by atoms with van der Waals surface area (Å²) in [5.41, 5.74) is 7.11. The lowest BCUT2D eigenvalue weighted by Crippen LogP contribution is -2.32. The minimum Gasteiger partial charge on any atom is -0.336 e. The molecule has 5 nitrogen and oxygen atoms in total. The van der Waals surface area contributed by atoms with Crippen LogP contribution in [0.5, 0.6) is 0 Å². The molecule has 2 rings (SSSR count). The average molecular weight is 194 g/mol. The molecule has 0 aliphatic carbocycles. The Bertz CT molecular complexity index is 346. The average Bonchev–Trinajstić information content (AvgIpc) is 2.73. The number of hydrogen-bond acceptors (Lipinski definition) is 3. The monoisotopic (exact) mass is 194 g/mol. The van der Waals surface area contributed by atoms with E-state index in [9.17, 15) is 4.79 Å². The molecule has 1 amide bonds. The second-order valence-electron chi connectivity index (χ2n) is 3.74. The first-order chi connectivity index (χ1) is 6.66. The molecule has 3 N–H and O–H groups in total. The molecule has 1 aliphatic heterocycles. The van der Waals surface area contributed by atoms with Crippen molar-refractivity contribution in [3.63, 3.8) is 0 Å². The van der Waals surface area contributed by atoms with Crippen LogP contribution in [0.15, 0.2) is 6.07 Å². The molecular formula is C9H14N4O. The van der Waals surface area contributed by atoms with E-state index in [0.29, 0.717) is 12.2 Å². The Kier molecular flexibility index (Phi) is 2.25. The molecule has 1 aromatic rings. The van der Waals surface area contributed by atoms with E-state index in [1.54, 1.807) is 11.0 Å². The molecule has 2 heterocycles. The van der Waals surface area contributed by atoms with Gasteiger partial charge in [-0.2, -0.15) is 5.10 Å².